The van der Waals surface area contributed by atoms with Crippen LogP contribution < -0.4 is 10.1 Å². The normalized spacial score (nSPS) is 10.8. The molecule has 0 aliphatic heterocycles. The van der Waals surface area contributed by atoms with Crippen molar-refractivity contribution in [3.8, 4) is 17.6 Å². The number of aromatic hydroxyl groups is 1. The SMILES string of the molecule is CCCOc1ccc(/C=C(\C#N)C(=O)Nc2ccc(O)cc2)cc1. The summed E-state index contributed by atoms with van der Waals surface area (Å²) < 4.78 is 5.49. The number of anilines is 1. The van der Waals surface area contributed by atoms with Crippen LogP contribution in [-0.2, 0) is 4.79 Å². The molecule has 0 saturated carbocycles. The van der Waals surface area contributed by atoms with E-state index in [1.165, 1.54) is 18.2 Å². The molecule has 122 valence electrons. The van der Waals surface area contributed by atoms with E-state index in [1.807, 2.05) is 13.0 Å². The molecule has 2 N–H and O–H groups in total. The summed E-state index contributed by atoms with van der Waals surface area (Å²) in [4.78, 5) is 12.2. The first-order chi connectivity index (χ1) is 11.6. The van der Waals surface area contributed by atoms with Crippen LogP contribution in [0.4, 0.5) is 5.69 Å². The highest BCUT2D eigenvalue weighted by Gasteiger charge is 2.09. The zero-order chi connectivity index (χ0) is 17.4. The predicted molar refractivity (Wildman–Crippen MR) is 92.6 cm³/mol. The molecule has 5 nitrogen and oxygen atoms in total. The van der Waals surface area contributed by atoms with Crippen LogP contribution in [0.3, 0.4) is 0 Å². The minimum absolute atomic E-state index is 0.00898. The minimum atomic E-state index is -0.505. The fourth-order valence-corrected chi connectivity index (χ4v) is 1.94. The van der Waals surface area contributed by atoms with Crippen LogP contribution in [0, 0.1) is 11.3 Å². The molecule has 0 unspecified atom stereocenters. The molecule has 5 heteroatoms. The molecular formula is C19H18N2O3. The molecule has 0 radical (unpaired) electrons. The lowest BCUT2D eigenvalue weighted by Crippen LogP contribution is -2.13. The third-order valence-corrected chi connectivity index (χ3v) is 3.15. The van der Waals surface area contributed by atoms with Gasteiger partial charge in [0.15, 0.2) is 0 Å². The van der Waals surface area contributed by atoms with Gasteiger partial charge in [0.25, 0.3) is 5.91 Å². The number of ether oxygens (including phenoxy) is 1. The lowest BCUT2D eigenvalue weighted by Gasteiger charge is -2.06. The Hall–Kier alpha value is -3.26. The first kappa shape index (κ1) is 17.1. The topological polar surface area (TPSA) is 82.3 Å². The van der Waals surface area contributed by atoms with Crippen LogP contribution in [0.25, 0.3) is 6.08 Å². The number of benzene rings is 2. The number of carbonyl (C=O) groups excluding carboxylic acids is 1. The largest absolute Gasteiger partial charge is 0.508 e. The average molecular weight is 322 g/mol. The van der Waals surface area contributed by atoms with Crippen molar-refractivity contribution in [2.75, 3.05) is 11.9 Å². The number of hydrogen-bond acceptors (Lipinski definition) is 4. The second-order valence-electron chi connectivity index (χ2n) is 5.09. The number of carbonyl (C=O) groups is 1. The zero-order valence-corrected chi connectivity index (χ0v) is 13.3. The summed E-state index contributed by atoms with van der Waals surface area (Å²) in [6.45, 7) is 2.68. The average Bonchev–Trinajstić information content (AvgIpc) is 2.60. The highest BCUT2D eigenvalue weighted by Crippen LogP contribution is 2.17. The van der Waals surface area contributed by atoms with E-state index in [1.54, 1.807) is 36.4 Å². The van der Waals surface area contributed by atoms with Crippen molar-refractivity contribution in [2.24, 2.45) is 0 Å². The van der Waals surface area contributed by atoms with Crippen molar-refractivity contribution in [3.05, 3.63) is 59.7 Å². The van der Waals surface area contributed by atoms with Gasteiger partial charge < -0.3 is 15.2 Å². The monoisotopic (exact) mass is 322 g/mol. The smallest absolute Gasteiger partial charge is 0.266 e. The Bertz CT molecular complexity index is 757. The van der Waals surface area contributed by atoms with Crippen molar-refractivity contribution in [1.82, 2.24) is 0 Å². The van der Waals surface area contributed by atoms with Crippen molar-refractivity contribution in [2.45, 2.75) is 13.3 Å². The van der Waals surface area contributed by atoms with E-state index in [-0.39, 0.29) is 11.3 Å². The number of phenols is 1. The Morgan fingerprint density at radius 2 is 1.88 bits per heavy atom. The minimum Gasteiger partial charge on any atom is -0.508 e. The Morgan fingerprint density at radius 1 is 1.21 bits per heavy atom. The predicted octanol–water partition coefficient (Wildman–Crippen LogP) is 3.73. The van der Waals surface area contributed by atoms with Gasteiger partial charge in [-0.05, 0) is 54.5 Å². The van der Waals surface area contributed by atoms with E-state index in [0.717, 1.165) is 17.7 Å². The van der Waals surface area contributed by atoms with Crippen LogP contribution in [0.15, 0.2) is 54.1 Å². The first-order valence-electron chi connectivity index (χ1n) is 7.57. The van der Waals surface area contributed by atoms with Crippen LogP contribution in [0.5, 0.6) is 11.5 Å². The summed E-state index contributed by atoms with van der Waals surface area (Å²) in [5, 5.41) is 21.1. The van der Waals surface area contributed by atoms with Gasteiger partial charge in [0.05, 0.1) is 6.61 Å². The maximum atomic E-state index is 12.2. The summed E-state index contributed by atoms with van der Waals surface area (Å²) in [6, 6.07) is 15.1. The molecule has 0 aliphatic carbocycles. The molecule has 2 aromatic rings. The molecule has 1 amide bonds. The van der Waals surface area contributed by atoms with Crippen LogP contribution in [-0.4, -0.2) is 17.6 Å². The number of nitrogens with zero attached hydrogens (tertiary/aromatic N) is 1. The number of amides is 1. The van der Waals surface area contributed by atoms with Gasteiger partial charge in [0.2, 0.25) is 0 Å². The molecule has 0 bridgehead atoms. The summed E-state index contributed by atoms with van der Waals surface area (Å²) in [6.07, 6.45) is 2.44. The van der Waals surface area contributed by atoms with Gasteiger partial charge in [0, 0.05) is 5.69 Å². The first-order valence-corrected chi connectivity index (χ1v) is 7.57. The van der Waals surface area contributed by atoms with E-state index in [0.29, 0.717) is 12.3 Å². The molecule has 0 spiro atoms. The number of hydrogen-bond donors (Lipinski definition) is 2. The lowest BCUT2D eigenvalue weighted by molar-refractivity contribution is -0.112. The van der Waals surface area contributed by atoms with E-state index in [9.17, 15) is 15.2 Å². The molecule has 0 fully saturated rings. The van der Waals surface area contributed by atoms with E-state index < -0.39 is 5.91 Å². The molecule has 0 aromatic heterocycles. The van der Waals surface area contributed by atoms with Gasteiger partial charge in [-0.3, -0.25) is 4.79 Å². The molecular weight excluding hydrogens is 304 g/mol. The van der Waals surface area contributed by atoms with Gasteiger partial charge in [-0.15, -0.1) is 0 Å². The van der Waals surface area contributed by atoms with Crippen molar-refractivity contribution >= 4 is 17.7 Å². The Kier molecular flexibility index (Phi) is 5.98. The molecule has 0 aliphatic rings. The molecule has 2 aromatic carbocycles. The van der Waals surface area contributed by atoms with Gasteiger partial charge >= 0.3 is 0 Å². The molecule has 2 rings (SSSR count). The van der Waals surface area contributed by atoms with Gasteiger partial charge in [0.1, 0.15) is 23.1 Å². The zero-order valence-electron chi connectivity index (χ0n) is 13.3. The summed E-state index contributed by atoms with van der Waals surface area (Å²) in [7, 11) is 0. The highest BCUT2D eigenvalue weighted by molar-refractivity contribution is 6.09. The van der Waals surface area contributed by atoms with E-state index in [4.69, 9.17) is 4.74 Å². The van der Waals surface area contributed by atoms with Crippen molar-refractivity contribution < 1.29 is 14.6 Å². The molecule has 0 heterocycles. The Labute approximate surface area is 140 Å². The quantitative estimate of drug-likeness (QED) is 0.482. The summed E-state index contributed by atoms with van der Waals surface area (Å²) >= 11 is 0. The number of nitrogens with one attached hydrogen (secondary N) is 1. The number of nitriles is 1. The molecule has 0 saturated heterocycles. The Balaban J connectivity index is 2.09. The Morgan fingerprint density at radius 3 is 2.46 bits per heavy atom. The van der Waals surface area contributed by atoms with Gasteiger partial charge in [-0.2, -0.15) is 5.26 Å². The van der Waals surface area contributed by atoms with Crippen molar-refractivity contribution in [1.29, 1.82) is 5.26 Å². The fourth-order valence-electron chi connectivity index (χ4n) is 1.94. The second kappa shape index (κ2) is 8.39. The number of rotatable bonds is 6. The van der Waals surface area contributed by atoms with Crippen molar-refractivity contribution in [3.63, 3.8) is 0 Å². The third-order valence-electron chi connectivity index (χ3n) is 3.15. The summed E-state index contributed by atoms with van der Waals surface area (Å²) in [5.74, 6) is 0.352. The van der Waals surface area contributed by atoms with E-state index in [2.05, 4.69) is 5.32 Å². The highest BCUT2D eigenvalue weighted by atomic mass is 16.5. The van der Waals surface area contributed by atoms with Gasteiger partial charge in [-0.25, -0.2) is 0 Å². The number of phenolic OH excluding ortho intramolecular Hbond substituents is 1. The van der Waals surface area contributed by atoms with Crippen LogP contribution in [0.2, 0.25) is 0 Å². The van der Waals surface area contributed by atoms with Crippen LogP contribution in [0.1, 0.15) is 18.9 Å². The second-order valence-corrected chi connectivity index (χ2v) is 5.09. The van der Waals surface area contributed by atoms with Gasteiger partial charge in [-0.1, -0.05) is 19.1 Å². The third kappa shape index (κ3) is 4.89. The molecule has 24 heavy (non-hydrogen) atoms. The lowest BCUT2D eigenvalue weighted by atomic mass is 10.1. The maximum absolute atomic E-state index is 12.2. The maximum Gasteiger partial charge on any atom is 0.266 e. The standard InChI is InChI=1S/C19H18N2O3/c1-2-11-24-18-9-3-14(4-10-18)12-15(13-20)19(23)21-16-5-7-17(22)8-6-16/h3-10,12,22H,2,11H2,1H3,(H,21,23)/b15-12+. The van der Waals surface area contributed by atoms with Crippen LogP contribution >= 0.6 is 0 Å². The molecule has 0 atom stereocenters. The van der Waals surface area contributed by atoms with E-state index >= 15 is 0 Å². The fraction of sp³-hybridized carbons (Fsp3) is 0.158. The summed E-state index contributed by atoms with van der Waals surface area (Å²) in [5.41, 5.74) is 1.23.